The number of anilines is 2. The van der Waals surface area contributed by atoms with Gasteiger partial charge in [-0.2, -0.15) is 0 Å². The first-order valence-corrected chi connectivity index (χ1v) is 10.1. The van der Waals surface area contributed by atoms with Crippen molar-refractivity contribution in [1.29, 1.82) is 0 Å². The van der Waals surface area contributed by atoms with Crippen molar-refractivity contribution in [2.75, 3.05) is 43.1 Å². The van der Waals surface area contributed by atoms with Gasteiger partial charge in [-0.1, -0.05) is 34.5 Å². The Morgan fingerprint density at radius 2 is 2.00 bits per heavy atom. The second-order valence-corrected chi connectivity index (χ2v) is 7.54. The fraction of sp³-hybridized carbons (Fsp3) is 0.400. The van der Waals surface area contributed by atoms with E-state index in [9.17, 15) is 0 Å². The van der Waals surface area contributed by atoms with Gasteiger partial charge in [0.25, 0.3) is 0 Å². The molecule has 0 unspecified atom stereocenters. The van der Waals surface area contributed by atoms with Crippen molar-refractivity contribution in [3.63, 3.8) is 0 Å². The van der Waals surface area contributed by atoms with Crippen LogP contribution in [0.15, 0.2) is 40.9 Å². The second-order valence-electron chi connectivity index (χ2n) is 6.22. The van der Waals surface area contributed by atoms with Crippen LogP contribution in [0.5, 0.6) is 5.75 Å². The average molecular weight is 440 g/mol. The summed E-state index contributed by atoms with van der Waals surface area (Å²) in [7, 11) is 0. The van der Waals surface area contributed by atoms with Crippen LogP contribution in [0.4, 0.5) is 11.4 Å². The number of nitrogens with one attached hydrogen (secondary N) is 1. The van der Waals surface area contributed by atoms with Gasteiger partial charge in [-0.15, -0.1) is 0 Å². The van der Waals surface area contributed by atoms with Gasteiger partial charge in [0, 0.05) is 35.4 Å². The van der Waals surface area contributed by atoms with Crippen molar-refractivity contribution in [2.45, 2.75) is 19.9 Å². The lowest BCUT2D eigenvalue weighted by Gasteiger charge is -2.29. The molecule has 1 heterocycles. The molecule has 2 aromatic rings. The largest absolute Gasteiger partial charge is 0.493 e. The maximum absolute atomic E-state index is 6.51. The highest BCUT2D eigenvalue weighted by molar-refractivity contribution is 9.10. The maximum Gasteiger partial charge on any atom is 0.124 e. The van der Waals surface area contributed by atoms with Gasteiger partial charge >= 0.3 is 0 Å². The predicted molar refractivity (Wildman–Crippen MR) is 112 cm³/mol. The van der Waals surface area contributed by atoms with Crippen LogP contribution in [0.2, 0.25) is 5.02 Å². The minimum atomic E-state index is 0.672. The summed E-state index contributed by atoms with van der Waals surface area (Å²) in [5.74, 6) is 0.915. The lowest BCUT2D eigenvalue weighted by atomic mass is 10.2. The summed E-state index contributed by atoms with van der Waals surface area (Å²) in [4.78, 5) is 2.26. The number of rotatable bonds is 7. The van der Waals surface area contributed by atoms with Crippen LogP contribution >= 0.6 is 27.5 Å². The molecule has 6 heteroatoms. The molecule has 26 heavy (non-hydrogen) atoms. The van der Waals surface area contributed by atoms with Crippen molar-refractivity contribution in [3.05, 3.63) is 51.5 Å². The van der Waals surface area contributed by atoms with Crippen molar-refractivity contribution < 1.29 is 9.47 Å². The first kappa shape index (κ1) is 19.3. The van der Waals surface area contributed by atoms with E-state index in [0.29, 0.717) is 13.2 Å². The first-order valence-electron chi connectivity index (χ1n) is 8.94. The van der Waals surface area contributed by atoms with Crippen LogP contribution < -0.4 is 15.0 Å². The number of ether oxygens (including phenoxy) is 2. The molecule has 0 atom stereocenters. The van der Waals surface area contributed by atoms with Gasteiger partial charge < -0.3 is 19.7 Å². The van der Waals surface area contributed by atoms with E-state index in [2.05, 4.69) is 51.3 Å². The monoisotopic (exact) mass is 438 g/mol. The molecule has 4 nitrogen and oxygen atoms in total. The number of morpholine rings is 1. The summed E-state index contributed by atoms with van der Waals surface area (Å²) in [6.07, 6.45) is 0.988. The molecule has 1 saturated heterocycles. The second kappa shape index (κ2) is 9.49. The molecule has 1 fully saturated rings. The fourth-order valence-electron chi connectivity index (χ4n) is 2.91. The molecule has 0 amide bonds. The van der Waals surface area contributed by atoms with Crippen LogP contribution in [0.25, 0.3) is 0 Å². The molecule has 1 N–H and O–H groups in total. The number of benzene rings is 2. The number of halogens is 2. The van der Waals surface area contributed by atoms with Crippen molar-refractivity contribution in [2.24, 2.45) is 0 Å². The third-order valence-corrected chi connectivity index (χ3v) is 5.06. The molecule has 0 aromatic heterocycles. The van der Waals surface area contributed by atoms with Gasteiger partial charge in [0.15, 0.2) is 0 Å². The summed E-state index contributed by atoms with van der Waals surface area (Å²) in [5.41, 5.74) is 3.17. The van der Waals surface area contributed by atoms with E-state index in [-0.39, 0.29) is 0 Å². The summed E-state index contributed by atoms with van der Waals surface area (Å²) in [5, 5.41) is 4.21. The van der Waals surface area contributed by atoms with Gasteiger partial charge in [0.05, 0.1) is 30.5 Å². The van der Waals surface area contributed by atoms with Gasteiger partial charge in [-0.25, -0.2) is 0 Å². The zero-order valence-corrected chi connectivity index (χ0v) is 17.3. The topological polar surface area (TPSA) is 33.7 Å². The number of nitrogens with zero attached hydrogens (tertiary/aromatic N) is 1. The molecule has 0 radical (unpaired) electrons. The first-order chi connectivity index (χ1) is 12.7. The predicted octanol–water partition coefficient (Wildman–Crippen LogP) is 5.34. The Hall–Kier alpha value is -1.43. The van der Waals surface area contributed by atoms with Crippen LogP contribution in [0, 0.1) is 0 Å². The Morgan fingerprint density at radius 1 is 1.19 bits per heavy atom. The van der Waals surface area contributed by atoms with E-state index in [4.69, 9.17) is 21.1 Å². The molecule has 0 saturated carbocycles. The van der Waals surface area contributed by atoms with E-state index >= 15 is 0 Å². The highest BCUT2D eigenvalue weighted by Crippen LogP contribution is 2.30. The van der Waals surface area contributed by atoms with Gasteiger partial charge in [0.2, 0.25) is 0 Å². The Kier molecular flexibility index (Phi) is 7.06. The Bertz CT molecular complexity index is 736. The molecule has 0 spiro atoms. The SMILES string of the molecule is CCCOc1ccc(Br)cc1CNc1ccc(N2CCOCC2)c(Cl)c1. The normalized spacial score (nSPS) is 14.3. The Labute approximate surface area is 168 Å². The van der Waals surface area contributed by atoms with Crippen LogP contribution in [0.3, 0.4) is 0 Å². The summed E-state index contributed by atoms with van der Waals surface area (Å²) >= 11 is 10.1. The molecule has 140 valence electrons. The fourth-order valence-corrected chi connectivity index (χ4v) is 3.62. The van der Waals surface area contributed by atoms with Crippen LogP contribution in [-0.4, -0.2) is 32.9 Å². The van der Waals surface area contributed by atoms with Gasteiger partial charge in [-0.05, 0) is 42.8 Å². The molecular formula is C20H24BrClN2O2. The molecule has 0 bridgehead atoms. The average Bonchev–Trinajstić information content (AvgIpc) is 2.66. The minimum Gasteiger partial charge on any atom is -0.493 e. The van der Waals surface area contributed by atoms with E-state index in [1.165, 1.54) is 0 Å². The van der Waals surface area contributed by atoms with Gasteiger partial charge in [-0.3, -0.25) is 0 Å². The molecule has 3 rings (SSSR count). The van der Waals surface area contributed by atoms with E-state index in [1.54, 1.807) is 0 Å². The lowest BCUT2D eigenvalue weighted by Crippen LogP contribution is -2.36. The smallest absolute Gasteiger partial charge is 0.124 e. The van der Waals surface area contributed by atoms with Gasteiger partial charge in [0.1, 0.15) is 5.75 Å². The highest BCUT2D eigenvalue weighted by atomic mass is 79.9. The summed E-state index contributed by atoms with van der Waals surface area (Å²) < 4.78 is 12.3. The van der Waals surface area contributed by atoms with Crippen molar-refractivity contribution in [3.8, 4) is 5.75 Å². The third-order valence-electron chi connectivity index (χ3n) is 4.27. The van der Waals surface area contributed by atoms with Crippen LogP contribution in [-0.2, 0) is 11.3 Å². The summed E-state index contributed by atoms with van der Waals surface area (Å²) in [6.45, 7) is 6.75. The lowest BCUT2D eigenvalue weighted by molar-refractivity contribution is 0.122. The molecule has 0 aliphatic carbocycles. The van der Waals surface area contributed by atoms with Crippen LogP contribution in [0.1, 0.15) is 18.9 Å². The highest BCUT2D eigenvalue weighted by Gasteiger charge is 2.14. The Morgan fingerprint density at radius 3 is 2.73 bits per heavy atom. The molecule has 2 aromatic carbocycles. The standard InChI is InChI=1S/C20H24BrClN2O2/c1-2-9-26-20-6-3-16(21)12-15(20)14-23-17-4-5-19(18(22)13-17)24-7-10-25-11-8-24/h3-6,12-13,23H,2,7-11,14H2,1H3. The minimum absolute atomic E-state index is 0.672. The molecular weight excluding hydrogens is 416 g/mol. The maximum atomic E-state index is 6.51. The van der Waals surface area contributed by atoms with E-state index < -0.39 is 0 Å². The quantitative estimate of drug-likeness (QED) is 0.631. The zero-order chi connectivity index (χ0) is 18.4. The zero-order valence-electron chi connectivity index (χ0n) is 14.9. The van der Waals surface area contributed by atoms with Crippen molar-refractivity contribution in [1.82, 2.24) is 0 Å². The third kappa shape index (κ3) is 5.06. The molecule has 1 aliphatic rings. The number of hydrogen-bond donors (Lipinski definition) is 1. The Balaban J connectivity index is 1.68. The van der Waals surface area contributed by atoms with E-state index in [1.807, 2.05) is 18.2 Å². The summed E-state index contributed by atoms with van der Waals surface area (Å²) in [6, 6.07) is 12.2. The number of hydrogen-bond acceptors (Lipinski definition) is 4. The van der Waals surface area contributed by atoms with Crippen molar-refractivity contribution >= 4 is 38.9 Å². The van der Waals surface area contributed by atoms with E-state index in [0.717, 1.165) is 64.9 Å². The molecule has 1 aliphatic heterocycles.